The Bertz CT molecular complexity index is 1160. The van der Waals surface area contributed by atoms with Crippen LogP contribution in [0.25, 0.3) is 43.6 Å². The van der Waals surface area contributed by atoms with Crippen molar-refractivity contribution in [2.45, 2.75) is 0 Å². The summed E-state index contributed by atoms with van der Waals surface area (Å²) in [5.74, 6) is 0. The molecule has 0 aliphatic rings. The molecule has 0 N–H and O–H groups in total. The molecule has 0 saturated carbocycles. The summed E-state index contributed by atoms with van der Waals surface area (Å²) in [6.07, 6.45) is 1.83. The molecule has 0 spiro atoms. The Hall–Kier alpha value is -2.54. The van der Waals surface area contributed by atoms with Crippen LogP contribution in [-0.2, 0) is 20.1 Å². The number of rotatable bonds is 1. The quantitative estimate of drug-likeness (QED) is 0.205. The first-order valence-corrected chi connectivity index (χ1v) is 8.08. The Kier molecular flexibility index (Phi) is 4.09. The average molecular weight is 497 g/mol. The van der Waals surface area contributed by atoms with Crippen molar-refractivity contribution in [1.82, 2.24) is 4.98 Å². The molecule has 4 aromatic carbocycles. The van der Waals surface area contributed by atoms with Gasteiger partial charge in [0.2, 0.25) is 0 Å². The molecular weight excluding hydrogens is 482 g/mol. The minimum Gasteiger partial charge on any atom is -0.305 e. The fraction of sp³-hybridized carbons (Fsp3) is 0. The zero-order valence-electron chi connectivity index (χ0n) is 13.4. The minimum atomic E-state index is 0. The van der Waals surface area contributed by atoms with Crippen LogP contribution in [0.2, 0.25) is 0 Å². The SMILES string of the molecule is [Ir].[c-]1cc2c3ccccc3c3ccccc3c2cc1-c1ccccn1. The molecule has 5 rings (SSSR count). The van der Waals surface area contributed by atoms with Gasteiger partial charge in [-0.05, 0) is 27.9 Å². The van der Waals surface area contributed by atoms with E-state index in [9.17, 15) is 0 Å². The van der Waals surface area contributed by atoms with Gasteiger partial charge in [0.1, 0.15) is 0 Å². The number of pyridine rings is 1. The van der Waals surface area contributed by atoms with E-state index in [0.29, 0.717) is 0 Å². The standard InChI is InChI=1S/C23H14N.Ir/c1-2-9-19-17(7-1)18-8-3-4-10-20(18)22-15-16(12-13-21(19)22)23-11-5-6-14-24-23;/h1-11,13-15H;/q-1;. The number of benzene rings is 4. The number of fused-ring (bicyclic) bond motifs is 6. The van der Waals surface area contributed by atoms with Gasteiger partial charge in [-0.25, -0.2) is 0 Å². The summed E-state index contributed by atoms with van der Waals surface area (Å²) < 4.78 is 0. The summed E-state index contributed by atoms with van der Waals surface area (Å²) in [5.41, 5.74) is 1.99. The predicted octanol–water partition coefficient (Wildman–Crippen LogP) is 6.01. The summed E-state index contributed by atoms with van der Waals surface area (Å²) in [6, 6.07) is 30.9. The maximum Gasteiger partial charge on any atom is 0.0160 e. The van der Waals surface area contributed by atoms with Crippen molar-refractivity contribution in [3.63, 3.8) is 0 Å². The van der Waals surface area contributed by atoms with Crippen LogP contribution in [0.3, 0.4) is 0 Å². The first-order chi connectivity index (χ1) is 11.9. The third-order valence-electron chi connectivity index (χ3n) is 4.62. The van der Waals surface area contributed by atoms with Crippen LogP contribution < -0.4 is 0 Å². The van der Waals surface area contributed by atoms with Crippen LogP contribution >= 0.6 is 0 Å². The molecule has 0 saturated heterocycles. The Balaban J connectivity index is 0.00000157. The van der Waals surface area contributed by atoms with E-state index in [1.807, 2.05) is 24.4 Å². The zero-order chi connectivity index (χ0) is 15.9. The Morgan fingerprint density at radius 2 is 1.16 bits per heavy atom. The van der Waals surface area contributed by atoms with Crippen molar-refractivity contribution in [2.24, 2.45) is 0 Å². The molecule has 5 aromatic rings. The molecule has 0 aliphatic heterocycles. The number of hydrogen-bond donors (Lipinski definition) is 0. The van der Waals surface area contributed by atoms with Gasteiger partial charge in [-0.2, -0.15) is 0 Å². The van der Waals surface area contributed by atoms with Crippen LogP contribution in [0.1, 0.15) is 0 Å². The largest absolute Gasteiger partial charge is 0.305 e. The van der Waals surface area contributed by atoms with Gasteiger partial charge in [0.25, 0.3) is 0 Å². The smallest absolute Gasteiger partial charge is 0.0160 e. The predicted molar refractivity (Wildman–Crippen MR) is 101 cm³/mol. The van der Waals surface area contributed by atoms with E-state index in [-0.39, 0.29) is 20.1 Å². The summed E-state index contributed by atoms with van der Waals surface area (Å²) in [4.78, 5) is 4.47. The molecule has 1 radical (unpaired) electrons. The second-order valence-electron chi connectivity index (χ2n) is 5.98. The molecule has 1 aromatic heterocycles. The van der Waals surface area contributed by atoms with E-state index in [0.717, 1.165) is 11.3 Å². The first-order valence-electron chi connectivity index (χ1n) is 8.08. The van der Waals surface area contributed by atoms with Gasteiger partial charge in [0.15, 0.2) is 0 Å². The minimum absolute atomic E-state index is 0. The third-order valence-corrected chi connectivity index (χ3v) is 4.62. The topological polar surface area (TPSA) is 12.9 Å². The van der Waals surface area contributed by atoms with Gasteiger partial charge in [-0.1, -0.05) is 76.8 Å². The van der Waals surface area contributed by atoms with Crippen molar-refractivity contribution >= 4 is 32.3 Å². The van der Waals surface area contributed by atoms with Crippen LogP contribution in [0.4, 0.5) is 0 Å². The molecule has 0 fully saturated rings. The van der Waals surface area contributed by atoms with Gasteiger partial charge < -0.3 is 4.98 Å². The second-order valence-corrected chi connectivity index (χ2v) is 5.98. The molecule has 0 atom stereocenters. The van der Waals surface area contributed by atoms with E-state index < -0.39 is 0 Å². The van der Waals surface area contributed by atoms with Crippen molar-refractivity contribution in [2.75, 3.05) is 0 Å². The number of aromatic nitrogens is 1. The van der Waals surface area contributed by atoms with Crippen LogP contribution in [0, 0.1) is 6.07 Å². The third kappa shape index (κ3) is 2.55. The van der Waals surface area contributed by atoms with Crippen molar-refractivity contribution in [3.05, 3.63) is 91.1 Å². The number of hydrogen-bond acceptors (Lipinski definition) is 1. The second kappa shape index (κ2) is 6.40. The molecule has 25 heavy (non-hydrogen) atoms. The fourth-order valence-electron chi connectivity index (χ4n) is 3.51. The first kappa shape index (κ1) is 16.0. The van der Waals surface area contributed by atoms with Crippen molar-refractivity contribution in [1.29, 1.82) is 0 Å². The van der Waals surface area contributed by atoms with Gasteiger partial charge >= 0.3 is 0 Å². The summed E-state index contributed by atoms with van der Waals surface area (Å²) in [7, 11) is 0. The normalized spacial score (nSPS) is 10.9. The Labute approximate surface area is 159 Å². The van der Waals surface area contributed by atoms with E-state index in [1.165, 1.54) is 32.3 Å². The molecule has 0 unspecified atom stereocenters. The van der Waals surface area contributed by atoms with Crippen LogP contribution in [-0.4, -0.2) is 4.98 Å². The van der Waals surface area contributed by atoms with E-state index in [2.05, 4.69) is 71.7 Å². The van der Waals surface area contributed by atoms with Crippen LogP contribution in [0.15, 0.2) is 85.1 Å². The van der Waals surface area contributed by atoms with Gasteiger partial charge in [-0.15, -0.1) is 23.8 Å². The van der Waals surface area contributed by atoms with Gasteiger partial charge in [0, 0.05) is 26.3 Å². The summed E-state index contributed by atoms with van der Waals surface area (Å²) >= 11 is 0. The molecule has 1 heterocycles. The molecule has 0 bridgehead atoms. The maximum absolute atomic E-state index is 4.47. The molecule has 0 amide bonds. The van der Waals surface area contributed by atoms with Gasteiger partial charge in [0.05, 0.1) is 0 Å². The van der Waals surface area contributed by atoms with E-state index in [4.69, 9.17) is 0 Å². The number of nitrogens with zero attached hydrogens (tertiary/aromatic N) is 1. The monoisotopic (exact) mass is 497 g/mol. The van der Waals surface area contributed by atoms with Gasteiger partial charge in [-0.3, -0.25) is 0 Å². The molecule has 0 aliphatic carbocycles. The van der Waals surface area contributed by atoms with E-state index in [1.54, 1.807) is 0 Å². The fourth-order valence-corrected chi connectivity index (χ4v) is 3.51. The molecule has 1 nitrogen and oxygen atoms in total. The van der Waals surface area contributed by atoms with Crippen LogP contribution in [0.5, 0.6) is 0 Å². The summed E-state index contributed by atoms with van der Waals surface area (Å²) in [5, 5.41) is 7.62. The summed E-state index contributed by atoms with van der Waals surface area (Å²) in [6.45, 7) is 0. The van der Waals surface area contributed by atoms with Crippen molar-refractivity contribution < 1.29 is 20.1 Å². The maximum atomic E-state index is 4.47. The molecular formula is C23H14IrN-. The molecule has 2 heteroatoms. The van der Waals surface area contributed by atoms with Crippen molar-refractivity contribution in [3.8, 4) is 11.3 Å². The zero-order valence-corrected chi connectivity index (χ0v) is 15.8. The Morgan fingerprint density at radius 1 is 0.600 bits per heavy atom. The van der Waals surface area contributed by atoms with E-state index >= 15 is 0 Å². The molecule has 121 valence electrons. The Morgan fingerprint density at radius 3 is 1.76 bits per heavy atom. The average Bonchev–Trinajstić information content (AvgIpc) is 2.68.